The summed E-state index contributed by atoms with van der Waals surface area (Å²) >= 11 is 1.12. The van der Waals surface area contributed by atoms with Crippen LogP contribution >= 0.6 is 11.3 Å². The highest BCUT2D eigenvalue weighted by Gasteiger charge is 2.19. The minimum atomic E-state index is -1.000. The van der Waals surface area contributed by atoms with Crippen molar-refractivity contribution >= 4 is 35.4 Å². The molecule has 1 aliphatic heterocycles. The topological polar surface area (TPSA) is 79.7 Å². The van der Waals surface area contributed by atoms with E-state index in [0.29, 0.717) is 16.5 Å². The fourth-order valence-corrected chi connectivity index (χ4v) is 4.28. The van der Waals surface area contributed by atoms with Crippen molar-refractivity contribution in [2.45, 2.75) is 12.8 Å². The lowest BCUT2D eigenvalue weighted by Gasteiger charge is -2.16. The van der Waals surface area contributed by atoms with Gasteiger partial charge in [-0.05, 0) is 31.1 Å². The van der Waals surface area contributed by atoms with Crippen molar-refractivity contribution in [3.63, 3.8) is 0 Å². The third kappa shape index (κ3) is 5.00. The molecular formula is C24H22N2O4S. The number of likely N-dealkylation sites (tertiary alicyclic amines) is 1. The highest BCUT2D eigenvalue weighted by Crippen LogP contribution is 2.30. The molecule has 0 bridgehead atoms. The van der Waals surface area contributed by atoms with Gasteiger partial charge in [-0.15, -0.1) is 11.3 Å². The van der Waals surface area contributed by atoms with Crippen molar-refractivity contribution in [1.82, 2.24) is 9.88 Å². The molecule has 1 aromatic heterocycles. The number of benzene rings is 2. The molecular weight excluding hydrogens is 412 g/mol. The minimum absolute atomic E-state index is 0.00340. The quantitative estimate of drug-likeness (QED) is 0.584. The van der Waals surface area contributed by atoms with Crippen LogP contribution in [0.2, 0.25) is 0 Å². The zero-order valence-electron chi connectivity index (χ0n) is 16.9. The first kappa shape index (κ1) is 20.8. The lowest BCUT2D eigenvalue weighted by Crippen LogP contribution is -2.32. The summed E-state index contributed by atoms with van der Waals surface area (Å²) < 4.78 is 5.78. The van der Waals surface area contributed by atoms with Gasteiger partial charge in [0.1, 0.15) is 15.6 Å². The largest absolute Gasteiger partial charge is 0.483 e. The van der Waals surface area contributed by atoms with Gasteiger partial charge in [0.15, 0.2) is 6.61 Å². The third-order valence-electron chi connectivity index (χ3n) is 5.02. The summed E-state index contributed by atoms with van der Waals surface area (Å²) in [4.78, 5) is 30.5. The molecule has 0 aliphatic carbocycles. The number of thiazole rings is 1. The van der Waals surface area contributed by atoms with Crippen LogP contribution in [0.5, 0.6) is 5.75 Å². The molecule has 1 amide bonds. The number of amides is 1. The van der Waals surface area contributed by atoms with E-state index in [9.17, 15) is 14.7 Å². The molecule has 0 radical (unpaired) electrons. The van der Waals surface area contributed by atoms with Crippen molar-refractivity contribution in [1.29, 1.82) is 0 Å². The van der Waals surface area contributed by atoms with Crippen LogP contribution in [0.1, 0.15) is 33.1 Å². The zero-order valence-corrected chi connectivity index (χ0v) is 17.7. The number of nitrogens with zero attached hydrogens (tertiary/aromatic N) is 2. The van der Waals surface area contributed by atoms with Crippen LogP contribution in [0, 0.1) is 0 Å². The lowest BCUT2D eigenvalue weighted by molar-refractivity contribution is -0.132. The van der Waals surface area contributed by atoms with Crippen LogP contribution in [-0.2, 0) is 4.79 Å². The Kier molecular flexibility index (Phi) is 6.43. The van der Waals surface area contributed by atoms with Crippen molar-refractivity contribution < 1.29 is 19.4 Å². The number of carbonyl (C=O) groups excluding carboxylic acids is 1. The highest BCUT2D eigenvalue weighted by molar-refractivity contribution is 7.15. The van der Waals surface area contributed by atoms with Gasteiger partial charge in [-0.2, -0.15) is 0 Å². The molecule has 158 valence electrons. The zero-order chi connectivity index (χ0) is 21.6. The molecule has 0 unspecified atom stereocenters. The number of aromatic carboxylic acids is 1. The highest BCUT2D eigenvalue weighted by atomic mass is 32.1. The number of hydrogen-bond acceptors (Lipinski definition) is 5. The maximum Gasteiger partial charge on any atom is 0.348 e. The van der Waals surface area contributed by atoms with Gasteiger partial charge in [-0.1, -0.05) is 48.5 Å². The summed E-state index contributed by atoms with van der Waals surface area (Å²) in [6.45, 7) is 1.59. The minimum Gasteiger partial charge on any atom is -0.483 e. The van der Waals surface area contributed by atoms with E-state index in [1.807, 2.05) is 65.6 Å². The van der Waals surface area contributed by atoms with E-state index in [1.54, 1.807) is 6.08 Å². The van der Waals surface area contributed by atoms with E-state index >= 15 is 0 Å². The summed E-state index contributed by atoms with van der Waals surface area (Å²) in [5.74, 6) is -0.403. The first-order valence-electron chi connectivity index (χ1n) is 10.1. The molecule has 0 saturated carbocycles. The van der Waals surface area contributed by atoms with Gasteiger partial charge in [0.2, 0.25) is 0 Å². The van der Waals surface area contributed by atoms with Gasteiger partial charge in [0.25, 0.3) is 5.91 Å². The fourth-order valence-electron chi connectivity index (χ4n) is 3.45. The number of carbonyl (C=O) groups is 2. The van der Waals surface area contributed by atoms with Crippen LogP contribution in [0.15, 0.2) is 54.6 Å². The van der Waals surface area contributed by atoms with Crippen LogP contribution < -0.4 is 4.74 Å². The maximum atomic E-state index is 12.3. The number of carboxylic acid groups (broad SMARTS) is 1. The molecule has 1 N–H and O–H groups in total. The summed E-state index contributed by atoms with van der Waals surface area (Å²) in [7, 11) is 0. The maximum absolute atomic E-state index is 12.3. The predicted octanol–water partition coefficient (Wildman–Crippen LogP) is 4.68. The Balaban J connectivity index is 1.52. The van der Waals surface area contributed by atoms with Crippen molar-refractivity contribution in [2.75, 3.05) is 19.7 Å². The average molecular weight is 435 g/mol. The second-order valence-corrected chi connectivity index (χ2v) is 8.18. The molecule has 2 heterocycles. The number of aromatic nitrogens is 1. The van der Waals surface area contributed by atoms with Crippen molar-refractivity contribution in [2.24, 2.45) is 0 Å². The van der Waals surface area contributed by atoms with Gasteiger partial charge in [-0.3, -0.25) is 4.79 Å². The Labute approximate surface area is 184 Å². The Hall–Kier alpha value is -3.45. The number of ether oxygens (including phenoxy) is 1. The normalized spacial score (nSPS) is 13.6. The van der Waals surface area contributed by atoms with Gasteiger partial charge < -0.3 is 14.7 Å². The standard InChI is InChI=1S/C24H22N2O4S/c27-21(26-14-6-7-15-26)16-30-19-11-5-4-8-17(19)12-13-20-25-22(23(31-20)24(28)29)18-9-2-1-3-10-18/h1-5,8-13H,6-7,14-16H2,(H,28,29). The molecule has 0 spiro atoms. The second kappa shape index (κ2) is 9.57. The van der Waals surface area contributed by atoms with Crippen molar-refractivity contribution in [3.8, 4) is 17.0 Å². The molecule has 0 atom stereocenters. The number of para-hydroxylation sites is 1. The van der Waals surface area contributed by atoms with E-state index < -0.39 is 5.97 Å². The Morgan fingerprint density at radius 2 is 1.74 bits per heavy atom. The predicted molar refractivity (Wildman–Crippen MR) is 121 cm³/mol. The first-order valence-corrected chi connectivity index (χ1v) is 10.9. The number of carboxylic acids is 1. The summed E-state index contributed by atoms with van der Waals surface area (Å²) in [6.07, 6.45) is 5.69. The second-order valence-electron chi connectivity index (χ2n) is 7.15. The molecule has 4 rings (SSSR count). The van der Waals surface area contributed by atoms with E-state index in [4.69, 9.17) is 4.74 Å². The monoisotopic (exact) mass is 434 g/mol. The molecule has 7 heteroatoms. The van der Waals surface area contributed by atoms with Gasteiger partial charge in [0, 0.05) is 24.2 Å². The summed E-state index contributed by atoms with van der Waals surface area (Å²) in [5, 5.41) is 10.2. The average Bonchev–Trinajstić information content (AvgIpc) is 3.48. The molecule has 6 nitrogen and oxygen atoms in total. The molecule has 1 fully saturated rings. The smallest absolute Gasteiger partial charge is 0.348 e. The van der Waals surface area contributed by atoms with Gasteiger partial charge in [0.05, 0.1) is 5.69 Å². The third-order valence-corrected chi connectivity index (χ3v) is 6.03. The molecule has 3 aromatic rings. The first-order chi connectivity index (χ1) is 15.1. The Morgan fingerprint density at radius 3 is 2.48 bits per heavy atom. The van der Waals surface area contributed by atoms with E-state index in [-0.39, 0.29) is 17.4 Å². The Morgan fingerprint density at radius 1 is 1.03 bits per heavy atom. The number of hydrogen-bond donors (Lipinski definition) is 1. The summed E-state index contributed by atoms with van der Waals surface area (Å²) in [6, 6.07) is 16.7. The van der Waals surface area contributed by atoms with Crippen LogP contribution in [0.25, 0.3) is 23.4 Å². The van der Waals surface area contributed by atoms with Crippen LogP contribution in [0.3, 0.4) is 0 Å². The van der Waals surface area contributed by atoms with Crippen LogP contribution in [-0.4, -0.2) is 46.6 Å². The van der Waals surface area contributed by atoms with Crippen molar-refractivity contribution in [3.05, 3.63) is 70.0 Å². The van der Waals surface area contributed by atoms with E-state index in [1.165, 1.54) is 0 Å². The fraction of sp³-hybridized carbons (Fsp3) is 0.208. The Bertz CT molecular complexity index is 1100. The lowest BCUT2D eigenvalue weighted by atomic mass is 10.1. The van der Waals surface area contributed by atoms with E-state index in [2.05, 4.69) is 4.98 Å². The number of rotatable bonds is 7. The molecule has 1 saturated heterocycles. The molecule has 2 aromatic carbocycles. The molecule has 31 heavy (non-hydrogen) atoms. The van der Waals surface area contributed by atoms with E-state index in [0.717, 1.165) is 48.4 Å². The molecule has 1 aliphatic rings. The summed E-state index contributed by atoms with van der Waals surface area (Å²) in [5.41, 5.74) is 2.02. The SMILES string of the molecule is O=C(O)c1sc(C=Cc2ccccc2OCC(=O)N2CCCC2)nc1-c1ccccc1. The van der Waals surface area contributed by atoms with Gasteiger partial charge >= 0.3 is 5.97 Å². The van der Waals surface area contributed by atoms with Crippen LogP contribution in [0.4, 0.5) is 0 Å². The van der Waals surface area contributed by atoms with Gasteiger partial charge in [-0.25, -0.2) is 9.78 Å².